The monoisotopic (exact) mass is 481 g/mol. The zero-order chi connectivity index (χ0) is 22.6. The highest BCUT2D eigenvalue weighted by Gasteiger charge is 2.44. The molecule has 0 spiro atoms. The molecule has 2 atom stereocenters. The van der Waals surface area contributed by atoms with Crippen molar-refractivity contribution in [2.75, 3.05) is 20.3 Å². The minimum absolute atomic E-state index is 0.0336. The predicted octanol–water partition coefficient (Wildman–Crippen LogP) is 3.53. The largest absolute Gasteiger partial charge is 0.494 e. The smallest absolute Gasteiger partial charge is 0.256 e. The van der Waals surface area contributed by atoms with E-state index in [2.05, 4.69) is 15.2 Å². The first kappa shape index (κ1) is 21.0. The third-order valence-corrected chi connectivity index (χ3v) is 6.41. The number of hydrogen-bond donors (Lipinski definition) is 0. The van der Waals surface area contributed by atoms with E-state index in [1.165, 1.54) is 19.2 Å². The van der Waals surface area contributed by atoms with Gasteiger partial charge in [0.2, 0.25) is 0 Å². The van der Waals surface area contributed by atoms with E-state index in [-0.39, 0.29) is 40.6 Å². The molecule has 12 heteroatoms. The Hall–Kier alpha value is -2.82. The number of ether oxygens (including phenoxy) is 2. The summed E-state index contributed by atoms with van der Waals surface area (Å²) in [6.45, 7) is 0.771. The number of pyridine rings is 1. The second-order valence-electron chi connectivity index (χ2n) is 7.34. The van der Waals surface area contributed by atoms with Gasteiger partial charge in [-0.15, -0.1) is 10.2 Å². The van der Waals surface area contributed by atoms with Crippen molar-refractivity contribution in [2.24, 2.45) is 0 Å². The number of nitrogens with zero attached hydrogens (tertiary/aromatic N) is 5. The molecule has 2 bridgehead atoms. The third-order valence-electron chi connectivity index (χ3n) is 5.56. The number of fused-ring (bicyclic) bond motifs is 4. The van der Waals surface area contributed by atoms with Crippen LogP contribution in [0.3, 0.4) is 0 Å². The van der Waals surface area contributed by atoms with E-state index in [4.69, 9.17) is 32.7 Å². The molecule has 1 amide bonds. The Balaban J connectivity index is 1.55. The number of carbonyl (C=O) groups is 1. The van der Waals surface area contributed by atoms with Gasteiger partial charge in [0.05, 0.1) is 48.2 Å². The molecule has 1 fully saturated rings. The van der Waals surface area contributed by atoms with Crippen LogP contribution in [0.1, 0.15) is 22.2 Å². The van der Waals surface area contributed by atoms with Crippen molar-refractivity contribution in [1.82, 2.24) is 24.6 Å². The van der Waals surface area contributed by atoms with Gasteiger partial charge in [0, 0.05) is 12.6 Å². The van der Waals surface area contributed by atoms with Gasteiger partial charge in [0.1, 0.15) is 17.6 Å². The van der Waals surface area contributed by atoms with Crippen LogP contribution in [-0.2, 0) is 11.3 Å². The number of benzene rings is 1. The van der Waals surface area contributed by atoms with Gasteiger partial charge in [-0.2, -0.15) is 0 Å². The summed E-state index contributed by atoms with van der Waals surface area (Å²) in [7, 11) is 1.36. The number of rotatable bonds is 3. The van der Waals surface area contributed by atoms with Crippen LogP contribution in [-0.4, -0.2) is 56.9 Å². The molecule has 3 aromatic rings. The Bertz CT molecular complexity index is 1240. The second kappa shape index (κ2) is 7.95. The first-order valence-electron chi connectivity index (χ1n) is 9.57. The molecular weight excluding hydrogens is 467 g/mol. The summed E-state index contributed by atoms with van der Waals surface area (Å²) >= 11 is 12.1. The third kappa shape index (κ3) is 3.21. The highest BCUT2D eigenvalue weighted by Crippen LogP contribution is 2.38. The van der Waals surface area contributed by atoms with Crippen molar-refractivity contribution in [3.8, 4) is 17.3 Å². The highest BCUT2D eigenvalue weighted by molar-refractivity contribution is 6.44. The van der Waals surface area contributed by atoms with E-state index >= 15 is 0 Å². The molecule has 0 saturated carbocycles. The fourth-order valence-corrected chi connectivity index (χ4v) is 4.45. The minimum Gasteiger partial charge on any atom is -0.494 e. The van der Waals surface area contributed by atoms with E-state index < -0.39 is 23.6 Å². The maximum Gasteiger partial charge on any atom is 0.256 e. The molecule has 0 unspecified atom stereocenters. The lowest BCUT2D eigenvalue weighted by Crippen LogP contribution is -2.56. The number of aromatic nitrogens is 4. The van der Waals surface area contributed by atoms with Gasteiger partial charge in [0.15, 0.2) is 23.2 Å². The molecule has 2 aliphatic rings. The van der Waals surface area contributed by atoms with Gasteiger partial charge < -0.3 is 18.9 Å². The maximum atomic E-state index is 13.8. The van der Waals surface area contributed by atoms with Crippen LogP contribution >= 0.6 is 23.2 Å². The van der Waals surface area contributed by atoms with E-state index in [1.54, 1.807) is 4.90 Å². The predicted molar refractivity (Wildman–Crippen MR) is 110 cm³/mol. The van der Waals surface area contributed by atoms with Gasteiger partial charge in [-0.3, -0.25) is 4.79 Å². The fraction of sp³-hybridized carbons (Fsp3) is 0.300. The zero-order valence-corrected chi connectivity index (χ0v) is 18.1. The average Bonchev–Trinajstić information content (AvgIpc) is 3.20. The molecule has 1 saturated heterocycles. The highest BCUT2D eigenvalue weighted by atomic mass is 35.5. The lowest BCUT2D eigenvalue weighted by molar-refractivity contribution is -0.0569. The van der Waals surface area contributed by atoms with Crippen LogP contribution in [0.15, 0.2) is 24.4 Å². The molecule has 0 N–H and O–H groups in total. The summed E-state index contributed by atoms with van der Waals surface area (Å²) in [5, 5.41) is 8.03. The fourth-order valence-electron chi connectivity index (χ4n) is 4.05. The molecule has 2 aliphatic heterocycles. The van der Waals surface area contributed by atoms with Crippen LogP contribution in [0.4, 0.5) is 8.78 Å². The molecule has 1 aromatic carbocycles. The van der Waals surface area contributed by atoms with Crippen molar-refractivity contribution in [2.45, 2.75) is 18.6 Å². The van der Waals surface area contributed by atoms with Crippen molar-refractivity contribution < 1.29 is 23.0 Å². The summed E-state index contributed by atoms with van der Waals surface area (Å²) in [6, 6.07) is 2.93. The van der Waals surface area contributed by atoms with Gasteiger partial charge >= 0.3 is 0 Å². The second-order valence-corrected chi connectivity index (χ2v) is 8.09. The molecule has 4 heterocycles. The molecule has 0 radical (unpaired) electrons. The molecule has 166 valence electrons. The van der Waals surface area contributed by atoms with Gasteiger partial charge in [0.25, 0.3) is 5.91 Å². The first-order chi connectivity index (χ1) is 15.4. The Morgan fingerprint density at radius 3 is 2.78 bits per heavy atom. The first-order valence-corrected chi connectivity index (χ1v) is 10.3. The summed E-state index contributed by atoms with van der Waals surface area (Å²) in [6.07, 6.45) is 1.05. The SMILES string of the molecule is COc1cc(-c2nnc3n2C[C@@H]2COC[C@H]3N2C(=O)c2ccc(F)c(Cl)c2Cl)ncc1F. The number of methoxy groups -OCH3 is 1. The number of morpholine rings is 1. The van der Waals surface area contributed by atoms with Crippen molar-refractivity contribution in [3.05, 3.63) is 57.5 Å². The lowest BCUT2D eigenvalue weighted by Gasteiger charge is -2.45. The van der Waals surface area contributed by atoms with Gasteiger partial charge in [-0.25, -0.2) is 13.8 Å². The molecular formula is C20H15Cl2F2N5O3. The summed E-state index contributed by atoms with van der Waals surface area (Å²) in [5.74, 6) is -0.767. The molecule has 5 rings (SSSR count). The number of carbonyl (C=O) groups excluding carboxylic acids is 1. The minimum atomic E-state index is -0.706. The van der Waals surface area contributed by atoms with Crippen LogP contribution in [0.5, 0.6) is 5.75 Å². The summed E-state index contributed by atoms with van der Waals surface area (Å²) < 4.78 is 40.0. The summed E-state index contributed by atoms with van der Waals surface area (Å²) in [5.41, 5.74) is 0.474. The topological polar surface area (TPSA) is 82.4 Å². The number of halogens is 4. The molecule has 8 nitrogen and oxygen atoms in total. The van der Waals surface area contributed by atoms with E-state index in [9.17, 15) is 13.6 Å². The number of hydrogen-bond acceptors (Lipinski definition) is 6. The zero-order valence-electron chi connectivity index (χ0n) is 16.6. The lowest BCUT2D eigenvalue weighted by atomic mass is 10.0. The van der Waals surface area contributed by atoms with Crippen LogP contribution in [0, 0.1) is 11.6 Å². The Morgan fingerprint density at radius 2 is 2.00 bits per heavy atom. The Morgan fingerprint density at radius 1 is 1.19 bits per heavy atom. The quantitative estimate of drug-likeness (QED) is 0.532. The van der Waals surface area contributed by atoms with Crippen LogP contribution in [0.25, 0.3) is 11.5 Å². The molecule has 32 heavy (non-hydrogen) atoms. The Kier molecular flexibility index (Phi) is 5.23. The average molecular weight is 482 g/mol. The maximum absolute atomic E-state index is 13.8. The molecule has 0 aliphatic carbocycles. The summed E-state index contributed by atoms with van der Waals surface area (Å²) in [4.78, 5) is 19.1. The van der Waals surface area contributed by atoms with E-state index in [0.29, 0.717) is 23.9 Å². The van der Waals surface area contributed by atoms with E-state index in [1.807, 2.05) is 4.57 Å². The standard InChI is InChI=1S/C20H15Cl2F2N5O3/c1-31-15-4-13(25-5-12(15)24)18-26-27-19-14-8-32-7-9(6-28(18)19)29(14)20(30)10-2-3-11(23)17(22)16(10)21/h2-5,9,14H,6-8H2,1H3/t9-,14-/m1/s1. The Labute approximate surface area is 190 Å². The van der Waals surface area contributed by atoms with E-state index in [0.717, 1.165) is 12.3 Å². The number of amides is 1. The van der Waals surface area contributed by atoms with Crippen molar-refractivity contribution in [3.63, 3.8) is 0 Å². The van der Waals surface area contributed by atoms with Gasteiger partial charge in [-0.1, -0.05) is 23.2 Å². The van der Waals surface area contributed by atoms with Crippen molar-refractivity contribution >= 4 is 29.1 Å². The van der Waals surface area contributed by atoms with Crippen molar-refractivity contribution in [1.29, 1.82) is 0 Å². The van der Waals surface area contributed by atoms with Gasteiger partial charge in [-0.05, 0) is 12.1 Å². The van der Waals surface area contributed by atoms with Crippen LogP contribution in [0.2, 0.25) is 10.0 Å². The van der Waals surface area contributed by atoms with Crippen LogP contribution < -0.4 is 4.74 Å². The normalized spacial score (nSPS) is 19.6. The molecule has 2 aromatic heterocycles.